The molecule has 1 aliphatic rings. The SMILES string of the molecule is CC(CC(=O)N1CCN(C)CC1CN)C(C)(C)C. The molecule has 4 heteroatoms. The minimum atomic E-state index is 0.181. The van der Waals surface area contributed by atoms with Crippen molar-refractivity contribution >= 4 is 5.91 Å². The van der Waals surface area contributed by atoms with E-state index in [0.717, 1.165) is 19.6 Å². The lowest BCUT2D eigenvalue weighted by molar-refractivity contribution is -0.137. The molecule has 1 rings (SSSR count). The van der Waals surface area contributed by atoms with Crippen molar-refractivity contribution in [2.24, 2.45) is 17.1 Å². The van der Waals surface area contributed by atoms with E-state index in [1.165, 1.54) is 0 Å². The molecular weight excluding hydrogens is 226 g/mol. The predicted octanol–water partition coefficient (Wildman–Crippen LogP) is 1.16. The van der Waals surface area contributed by atoms with Gasteiger partial charge in [-0.25, -0.2) is 0 Å². The first-order chi connectivity index (χ1) is 8.25. The molecule has 18 heavy (non-hydrogen) atoms. The predicted molar refractivity (Wildman–Crippen MR) is 75.3 cm³/mol. The third-order valence-corrected chi connectivity index (χ3v) is 4.24. The Morgan fingerprint density at radius 2 is 2.00 bits per heavy atom. The van der Waals surface area contributed by atoms with Crippen LogP contribution in [0.4, 0.5) is 0 Å². The molecule has 0 spiro atoms. The maximum absolute atomic E-state index is 12.4. The molecule has 0 aromatic carbocycles. The topological polar surface area (TPSA) is 49.6 Å². The van der Waals surface area contributed by atoms with Crippen LogP contribution in [0, 0.1) is 11.3 Å². The Labute approximate surface area is 111 Å². The van der Waals surface area contributed by atoms with Gasteiger partial charge in [0.05, 0.1) is 6.04 Å². The molecule has 1 amide bonds. The van der Waals surface area contributed by atoms with Crippen LogP contribution in [0.15, 0.2) is 0 Å². The molecule has 1 aliphatic heterocycles. The Hall–Kier alpha value is -0.610. The monoisotopic (exact) mass is 255 g/mol. The number of piperazine rings is 1. The molecule has 0 aromatic rings. The van der Waals surface area contributed by atoms with Gasteiger partial charge in [-0.2, -0.15) is 0 Å². The third-order valence-electron chi connectivity index (χ3n) is 4.24. The smallest absolute Gasteiger partial charge is 0.223 e. The lowest BCUT2D eigenvalue weighted by atomic mass is 9.80. The van der Waals surface area contributed by atoms with Gasteiger partial charge in [-0.3, -0.25) is 4.79 Å². The number of hydrogen-bond donors (Lipinski definition) is 1. The molecule has 4 nitrogen and oxygen atoms in total. The third kappa shape index (κ3) is 3.95. The van der Waals surface area contributed by atoms with Crippen molar-refractivity contribution in [3.8, 4) is 0 Å². The summed E-state index contributed by atoms with van der Waals surface area (Å²) in [5.74, 6) is 0.657. The fourth-order valence-corrected chi connectivity index (χ4v) is 2.23. The van der Waals surface area contributed by atoms with Crippen LogP contribution in [0.3, 0.4) is 0 Å². The minimum absolute atomic E-state index is 0.181. The van der Waals surface area contributed by atoms with Crippen LogP contribution < -0.4 is 5.73 Å². The second-order valence-corrected chi connectivity index (χ2v) is 6.71. The quantitative estimate of drug-likeness (QED) is 0.823. The Kier molecular flexibility index (Phi) is 5.17. The summed E-state index contributed by atoms with van der Waals surface area (Å²) in [6, 6.07) is 0.184. The van der Waals surface area contributed by atoms with E-state index in [4.69, 9.17) is 5.73 Å². The van der Waals surface area contributed by atoms with Gasteiger partial charge < -0.3 is 15.5 Å². The van der Waals surface area contributed by atoms with Gasteiger partial charge >= 0.3 is 0 Å². The van der Waals surface area contributed by atoms with Crippen LogP contribution in [0.1, 0.15) is 34.1 Å². The van der Waals surface area contributed by atoms with Crippen molar-refractivity contribution < 1.29 is 4.79 Å². The van der Waals surface area contributed by atoms with Gasteiger partial charge in [-0.1, -0.05) is 27.7 Å². The lowest BCUT2D eigenvalue weighted by Crippen LogP contribution is -2.57. The van der Waals surface area contributed by atoms with Crippen molar-refractivity contribution in [3.05, 3.63) is 0 Å². The van der Waals surface area contributed by atoms with E-state index in [1.54, 1.807) is 0 Å². The van der Waals surface area contributed by atoms with Crippen molar-refractivity contribution in [1.82, 2.24) is 9.80 Å². The average molecular weight is 255 g/mol. The summed E-state index contributed by atoms with van der Waals surface area (Å²) < 4.78 is 0. The van der Waals surface area contributed by atoms with Crippen LogP contribution >= 0.6 is 0 Å². The highest BCUT2D eigenvalue weighted by Gasteiger charge is 2.30. The molecule has 1 heterocycles. The summed E-state index contributed by atoms with van der Waals surface area (Å²) in [5.41, 5.74) is 5.97. The van der Waals surface area contributed by atoms with Gasteiger partial charge in [0.25, 0.3) is 0 Å². The van der Waals surface area contributed by atoms with E-state index in [-0.39, 0.29) is 17.4 Å². The van der Waals surface area contributed by atoms with Gasteiger partial charge in [0.1, 0.15) is 0 Å². The number of carbonyl (C=O) groups is 1. The second kappa shape index (κ2) is 6.02. The zero-order valence-corrected chi connectivity index (χ0v) is 12.6. The molecule has 0 aliphatic carbocycles. The highest BCUT2D eigenvalue weighted by atomic mass is 16.2. The second-order valence-electron chi connectivity index (χ2n) is 6.71. The number of nitrogens with two attached hydrogens (primary N) is 1. The zero-order chi connectivity index (χ0) is 13.9. The Bertz CT molecular complexity index is 285. The normalized spacial score (nSPS) is 24.1. The van der Waals surface area contributed by atoms with Gasteiger partial charge in [0, 0.05) is 32.6 Å². The number of nitrogens with zero attached hydrogens (tertiary/aromatic N) is 2. The fraction of sp³-hybridized carbons (Fsp3) is 0.929. The minimum Gasteiger partial charge on any atom is -0.336 e. The van der Waals surface area contributed by atoms with Crippen molar-refractivity contribution in [3.63, 3.8) is 0 Å². The molecule has 2 atom stereocenters. The largest absolute Gasteiger partial charge is 0.336 e. The first-order valence-corrected chi connectivity index (χ1v) is 6.93. The number of carbonyl (C=O) groups excluding carboxylic acids is 1. The first-order valence-electron chi connectivity index (χ1n) is 6.93. The Morgan fingerprint density at radius 3 is 2.50 bits per heavy atom. The summed E-state index contributed by atoms with van der Waals surface area (Å²) in [6.45, 7) is 11.9. The molecule has 2 N–H and O–H groups in total. The maximum Gasteiger partial charge on any atom is 0.223 e. The Balaban J connectivity index is 2.60. The average Bonchev–Trinajstić information content (AvgIpc) is 2.27. The van der Waals surface area contributed by atoms with E-state index < -0.39 is 0 Å². The van der Waals surface area contributed by atoms with E-state index in [0.29, 0.717) is 18.9 Å². The summed E-state index contributed by atoms with van der Waals surface area (Å²) in [4.78, 5) is 16.6. The maximum atomic E-state index is 12.4. The van der Waals surface area contributed by atoms with Gasteiger partial charge in [0.15, 0.2) is 0 Å². The molecule has 1 fully saturated rings. The van der Waals surface area contributed by atoms with Crippen LogP contribution in [-0.2, 0) is 4.79 Å². The van der Waals surface area contributed by atoms with Gasteiger partial charge in [-0.15, -0.1) is 0 Å². The molecule has 0 bridgehead atoms. The van der Waals surface area contributed by atoms with E-state index in [1.807, 2.05) is 4.90 Å². The van der Waals surface area contributed by atoms with E-state index in [2.05, 4.69) is 39.6 Å². The van der Waals surface area contributed by atoms with Crippen molar-refractivity contribution in [2.45, 2.75) is 40.2 Å². The first kappa shape index (κ1) is 15.4. The van der Waals surface area contributed by atoms with E-state index in [9.17, 15) is 4.79 Å². The number of likely N-dealkylation sites (N-methyl/N-ethyl adjacent to an activating group) is 1. The molecule has 0 saturated carbocycles. The summed E-state index contributed by atoms with van der Waals surface area (Å²) >= 11 is 0. The van der Waals surface area contributed by atoms with Crippen LogP contribution in [0.25, 0.3) is 0 Å². The molecule has 0 radical (unpaired) electrons. The highest BCUT2D eigenvalue weighted by Crippen LogP contribution is 2.29. The highest BCUT2D eigenvalue weighted by molar-refractivity contribution is 5.77. The number of amides is 1. The van der Waals surface area contributed by atoms with Crippen LogP contribution in [-0.4, -0.2) is 55.0 Å². The molecule has 2 unspecified atom stereocenters. The molecule has 0 aromatic heterocycles. The zero-order valence-electron chi connectivity index (χ0n) is 12.6. The lowest BCUT2D eigenvalue weighted by Gasteiger charge is -2.40. The van der Waals surface area contributed by atoms with Crippen molar-refractivity contribution in [1.29, 1.82) is 0 Å². The van der Waals surface area contributed by atoms with Crippen LogP contribution in [0.2, 0.25) is 0 Å². The van der Waals surface area contributed by atoms with E-state index >= 15 is 0 Å². The molecule has 106 valence electrons. The standard InChI is InChI=1S/C14H29N3O/c1-11(14(2,3)4)8-13(18)17-7-6-16(5)10-12(17)9-15/h11-12H,6-10,15H2,1-5H3. The number of rotatable bonds is 3. The van der Waals surface area contributed by atoms with Crippen molar-refractivity contribution in [2.75, 3.05) is 33.2 Å². The van der Waals surface area contributed by atoms with Gasteiger partial charge in [0.2, 0.25) is 5.91 Å². The number of hydrogen-bond acceptors (Lipinski definition) is 3. The molecular formula is C14H29N3O. The van der Waals surface area contributed by atoms with Crippen LogP contribution in [0.5, 0.6) is 0 Å². The fourth-order valence-electron chi connectivity index (χ4n) is 2.23. The Morgan fingerprint density at radius 1 is 1.39 bits per heavy atom. The van der Waals surface area contributed by atoms with Gasteiger partial charge in [-0.05, 0) is 18.4 Å². The summed E-state index contributed by atoms with van der Waals surface area (Å²) in [5, 5.41) is 0. The summed E-state index contributed by atoms with van der Waals surface area (Å²) in [7, 11) is 2.09. The molecule has 1 saturated heterocycles. The summed E-state index contributed by atoms with van der Waals surface area (Å²) in [6.07, 6.45) is 0.629.